The fourth-order valence-corrected chi connectivity index (χ4v) is 2.67. The van der Waals surface area contributed by atoms with E-state index < -0.39 is 11.8 Å². The van der Waals surface area contributed by atoms with Crippen LogP contribution in [0.1, 0.15) is 20.8 Å². The van der Waals surface area contributed by atoms with Gasteiger partial charge in [0.1, 0.15) is 5.69 Å². The zero-order valence-electron chi connectivity index (χ0n) is 12.2. The molecule has 1 heterocycles. The first-order valence-electron chi connectivity index (χ1n) is 6.96. The predicted octanol–water partition coefficient (Wildman–Crippen LogP) is 3.73. The smallest absolute Gasteiger partial charge is 0.267 e. The number of nitrogens with one attached hydrogen (secondary N) is 2. The summed E-state index contributed by atoms with van der Waals surface area (Å²) in [5.74, 6) is -1.03. The quantitative estimate of drug-likeness (QED) is 0.639. The highest BCUT2D eigenvalue weighted by Crippen LogP contribution is 2.20. The lowest BCUT2D eigenvalue weighted by Gasteiger charge is -2.09. The van der Waals surface area contributed by atoms with Crippen LogP contribution in [0.4, 0.5) is 0 Å². The molecule has 7 heteroatoms. The fraction of sp³-hybridized carbons (Fsp3) is 0. The number of aromatic nitrogens is 1. The summed E-state index contributed by atoms with van der Waals surface area (Å²) in [5, 5.41) is 1.22. The maximum Gasteiger partial charge on any atom is 0.288 e. The second-order valence-electron chi connectivity index (χ2n) is 4.92. The number of carbonyl (C=O) groups is 2. The van der Waals surface area contributed by atoms with E-state index in [9.17, 15) is 9.59 Å². The molecule has 24 heavy (non-hydrogen) atoms. The van der Waals surface area contributed by atoms with Gasteiger partial charge >= 0.3 is 0 Å². The van der Waals surface area contributed by atoms with Gasteiger partial charge in [0.2, 0.25) is 0 Å². The zero-order chi connectivity index (χ0) is 17.1. The third-order valence-electron chi connectivity index (χ3n) is 3.29. The van der Waals surface area contributed by atoms with Gasteiger partial charge in [0.05, 0.1) is 16.1 Å². The van der Waals surface area contributed by atoms with Crippen LogP contribution >= 0.6 is 27.5 Å². The van der Waals surface area contributed by atoms with Gasteiger partial charge in [-0.15, -0.1) is 0 Å². The van der Waals surface area contributed by atoms with Gasteiger partial charge in [0, 0.05) is 9.86 Å². The van der Waals surface area contributed by atoms with Crippen molar-refractivity contribution in [2.75, 3.05) is 0 Å². The van der Waals surface area contributed by atoms with Crippen molar-refractivity contribution in [1.29, 1.82) is 0 Å². The number of nitrogens with zero attached hydrogens (tertiary/aromatic N) is 1. The van der Waals surface area contributed by atoms with Crippen LogP contribution < -0.4 is 10.9 Å². The Balaban J connectivity index is 1.72. The van der Waals surface area contributed by atoms with Crippen molar-refractivity contribution in [2.45, 2.75) is 0 Å². The fourth-order valence-electron chi connectivity index (χ4n) is 2.11. The van der Waals surface area contributed by atoms with E-state index in [4.69, 9.17) is 11.6 Å². The molecule has 2 amide bonds. The Morgan fingerprint density at radius 2 is 1.71 bits per heavy atom. The largest absolute Gasteiger partial charge is 0.288 e. The molecule has 2 N–H and O–H groups in total. The average Bonchev–Trinajstić information content (AvgIpc) is 2.61. The molecule has 3 rings (SSSR count). The minimum atomic E-state index is -0.518. The molecule has 0 aliphatic rings. The number of fused-ring (bicyclic) bond motifs is 1. The van der Waals surface area contributed by atoms with E-state index in [1.807, 2.05) is 24.3 Å². The molecule has 0 bridgehead atoms. The summed E-state index contributed by atoms with van der Waals surface area (Å²) in [6.07, 6.45) is 0. The highest BCUT2D eigenvalue weighted by Gasteiger charge is 2.13. The molecular weight excluding hydrogens is 394 g/mol. The Morgan fingerprint density at radius 1 is 0.958 bits per heavy atom. The highest BCUT2D eigenvalue weighted by atomic mass is 79.9. The molecule has 3 aromatic rings. The number of pyridine rings is 1. The van der Waals surface area contributed by atoms with Gasteiger partial charge in [-0.1, -0.05) is 51.8 Å². The molecule has 1 aromatic heterocycles. The van der Waals surface area contributed by atoms with E-state index in [2.05, 4.69) is 31.8 Å². The monoisotopic (exact) mass is 403 g/mol. The molecule has 0 fully saturated rings. The molecule has 2 aromatic carbocycles. The van der Waals surface area contributed by atoms with E-state index in [1.165, 1.54) is 0 Å². The maximum absolute atomic E-state index is 12.1. The number of hydrogen-bond acceptors (Lipinski definition) is 3. The molecule has 0 saturated heterocycles. The van der Waals surface area contributed by atoms with Crippen molar-refractivity contribution in [2.24, 2.45) is 0 Å². The van der Waals surface area contributed by atoms with Crippen LogP contribution in [0.5, 0.6) is 0 Å². The summed E-state index contributed by atoms with van der Waals surface area (Å²) in [4.78, 5) is 28.5. The average molecular weight is 405 g/mol. The molecule has 0 saturated carbocycles. The Labute approximate surface area is 151 Å². The van der Waals surface area contributed by atoms with Gasteiger partial charge in [-0.25, -0.2) is 4.98 Å². The van der Waals surface area contributed by atoms with E-state index in [1.54, 1.807) is 30.3 Å². The Morgan fingerprint density at radius 3 is 2.54 bits per heavy atom. The number of hydrogen-bond donors (Lipinski definition) is 2. The first-order valence-corrected chi connectivity index (χ1v) is 8.13. The van der Waals surface area contributed by atoms with E-state index in [-0.39, 0.29) is 16.3 Å². The second kappa shape index (κ2) is 6.98. The van der Waals surface area contributed by atoms with Crippen LogP contribution in [-0.4, -0.2) is 16.8 Å². The van der Waals surface area contributed by atoms with Gasteiger partial charge in [-0.2, -0.15) is 0 Å². The summed E-state index contributed by atoms with van der Waals surface area (Å²) in [6.45, 7) is 0. The number of carbonyl (C=O) groups excluding carboxylic acids is 2. The minimum Gasteiger partial charge on any atom is -0.267 e. The van der Waals surface area contributed by atoms with Crippen molar-refractivity contribution in [3.63, 3.8) is 0 Å². The van der Waals surface area contributed by atoms with Crippen LogP contribution in [0.3, 0.4) is 0 Å². The van der Waals surface area contributed by atoms with Gasteiger partial charge in [-0.05, 0) is 30.3 Å². The Hall–Kier alpha value is -2.44. The molecule has 0 spiro atoms. The summed E-state index contributed by atoms with van der Waals surface area (Å²) in [7, 11) is 0. The number of halogens is 2. The van der Waals surface area contributed by atoms with Gasteiger partial charge in [-0.3, -0.25) is 20.4 Å². The van der Waals surface area contributed by atoms with Crippen molar-refractivity contribution in [1.82, 2.24) is 15.8 Å². The molecule has 5 nitrogen and oxygen atoms in total. The molecular formula is C17H11BrClN3O2. The van der Waals surface area contributed by atoms with E-state index in [0.29, 0.717) is 9.99 Å². The van der Waals surface area contributed by atoms with Crippen LogP contribution in [-0.2, 0) is 0 Å². The van der Waals surface area contributed by atoms with Crippen LogP contribution in [0.25, 0.3) is 10.9 Å². The number of amides is 2. The van der Waals surface area contributed by atoms with Crippen LogP contribution in [0.15, 0.2) is 59.1 Å². The molecule has 0 aliphatic carbocycles. The third-order valence-corrected chi connectivity index (χ3v) is 4.12. The van der Waals surface area contributed by atoms with Crippen LogP contribution in [0.2, 0.25) is 5.02 Å². The first kappa shape index (κ1) is 16.4. The third kappa shape index (κ3) is 3.55. The van der Waals surface area contributed by atoms with Crippen molar-refractivity contribution >= 4 is 50.2 Å². The lowest BCUT2D eigenvalue weighted by Crippen LogP contribution is -2.42. The number of benzene rings is 2. The molecule has 0 unspecified atom stereocenters. The standard InChI is InChI=1S/C17H11BrClN3O2/c18-11-6-7-13(19)12(9-11)16(23)21-22-17(24)15-8-5-10-3-1-2-4-14(10)20-15/h1-9H,(H,21,23)(H,22,24). The summed E-state index contributed by atoms with van der Waals surface area (Å²) >= 11 is 9.25. The van der Waals surface area contributed by atoms with Crippen LogP contribution in [0, 0.1) is 0 Å². The topological polar surface area (TPSA) is 71.1 Å². The van der Waals surface area contributed by atoms with Crippen molar-refractivity contribution in [3.05, 3.63) is 75.4 Å². The van der Waals surface area contributed by atoms with E-state index in [0.717, 1.165) is 5.39 Å². The van der Waals surface area contributed by atoms with E-state index >= 15 is 0 Å². The molecule has 0 radical (unpaired) electrons. The molecule has 0 atom stereocenters. The van der Waals surface area contributed by atoms with Gasteiger partial charge in [0.15, 0.2) is 0 Å². The lowest BCUT2D eigenvalue weighted by atomic mass is 10.2. The zero-order valence-corrected chi connectivity index (χ0v) is 14.6. The van der Waals surface area contributed by atoms with Crippen molar-refractivity contribution in [3.8, 4) is 0 Å². The first-order chi connectivity index (χ1) is 11.5. The van der Waals surface area contributed by atoms with Crippen molar-refractivity contribution < 1.29 is 9.59 Å². The van der Waals surface area contributed by atoms with Gasteiger partial charge < -0.3 is 0 Å². The minimum absolute atomic E-state index is 0.203. The second-order valence-corrected chi connectivity index (χ2v) is 6.24. The Kier molecular flexibility index (Phi) is 4.78. The normalized spacial score (nSPS) is 10.4. The SMILES string of the molecule is O=C(NNC(=O)c1cc(Br)ccc1Cl)c1ccc2ccccc2n1. The number of rotatable bonds is 2. The highest BCUT2D eigenvalue weighted by molar-refractivity contribution is 9.10. The summed E-state index contributed by atoms with van der Waals surface area (Å²) in [6, 6.07) is 15.7. The molecule has 0 aliphatic heterocycles. The molecule has 120 valence electrons. The lowest BCUT2D eigenvalue weighted by molar-refractivity contribution is 0.0844. The maximum atomic E-state index is 12.1. The summed E-state index contributed by atoms with van der Waals surface area (Å²) in [5.41, 5.74) is 5.81. The Bertz CT molecular complexity index is 946. The number of hydrazine groups is 1. The summed E-state index contributed by atoms with van der Waals surface area (Å²) < 4.78 is 0.708. The predicted molar refractivity (Wildman–Crippen MR) is 95.8 cm³/mol. The van der Waals surface area contributed by atoms with Gasteiger partial charge in [0.25, 0.3) is 11.8 Å². The number of para-hydroxylation sites is 1.